The maximum Gasteiger partial charge on any atom is 0.360 e. The van der Waals surface area contributed by atoms with Gasteiger partial charge in [-0.2, -0.15) is 4.21 Å². The highest BCUT2D eigenvalue weighted by molar-refractivity contribution is 7.74. The molecule has 0 aromatic heterocycles. The zero-order valence-electron chi connectivity index (χ0n) is 5.85. The van der Waals surface area contributed by atoms with Gasteiger partial charge in [0.25, 0.3) is 0 Å². The molecule has 2 N–H and O–H groups in total. The zero-order valence-corrected chi connectivity index (χ0v) is 6.67. The largest absolute Gasteiger partial charge is 0.478 e. The SMILES string of the molecule is C=C(CC(=O)OS(=O)O)C(=O)O. The molecular formula is C5H6O6S. The normalized spacial score (nSPS) is 11.8. The lowest BCUT2D eigenvalue weighted by molar-refractivity contribution is -0.137. The summed E-state index contributed by atoms with van der Waals surface area (Å²) in [7, 11) is 0. The summed E-state index contributed by atoms with van der Waals surface area (Å²) in [6.45, 7) is 3.02. The molecule has 7 heteroatoms. The van der Waals surface area contributed by atoms with Gasteiger partial charge in [0, 0.05) is 5.57 Å². The highest BCUT2D eigenvalue weighted by atomic mass is 32.2. The van der Waals surface area contributed by atoms with Crippen molar-refractivity contribution in [2.75, 3.05) is 0 Å². The van der Waals surface area contributed by atoms with Gasteiger partial charge >= 0.3 is 23.3 Å². The van der Waals surface area contributed by atoms with Crippen LogP contribution in [0, 0.1) is 0 Å². The number of hydrogen-bond donors (Lipinski definition) is 2. The fourth-order valence-electron chi connectivity index (χ4n) is 0.359. The lowest BCUT2D eigenvalue weighted by atomic mass is 10.2. The smallest absolute Gasteiger partial charge is 0.360 e. The average Bonchev–Trinajstić information content (AvgIpc) is 1.84. The minimum Gasteiger partial charge on any atom is -0.478 e. The number of aliphatic carboxylic acids is 1. The summed E-state index contributed by atoms with van der Waals surface area (Å²) in [6.07, 6.45) is -0.609. The van der Waals surface area contributed by atoms with Crippen LogP contribution in [0.4, 0.5) is 0 Å². The van der Waals surface area contributed by atoms with Crippen LogP contribution in [0.2, 0.25) is 0 Å². The van der Waals surface area contributed by atoms with Gasteiger partial charge in [0.05, 0.1) is 6.42 Å². The lowest BCUT2D eigenvalue weighted by Gasteiger charge is -1.97. The Hall–Kier alpha value is -1.21. The molecule has 0 aromatic carbocycles. The molecule has 0 heterocycles. The number of carboxylic acid groups (broad SMARTS) is 1. The molecule has 0 aliphatic carbocycles. The number of carbonyl (C=O) groups is 2. The molecule has 0 aliphatic heterocycles. The minimum atomic E-state index is -2.71. The quantitative estimate of drug-likeness (QED) is 0.470. The van der Waals surface area contributed by atoms with E-state index in [1.807, 2.05) is 0 Å². The average molecular weight is 194 g/mol. The van der Waals surface area contributed by atoms with Crippen molar-refractivity contribution in [1.29, 1.82) is 0 Å². The Morgan fingerprint density at radius 3 is 2.33 bits per heavy atom. The summed E-state index contributed by atoms with van der Waals surface area (Å²) in [4.78, 5) is 20.5. The monoisotopic (exact) mass is 194 g/mol. The van der Waals surface area contributed by atoms with Gasteiger partial charge in [0.1, 0.15) is 0 Å². The van der Waals surface area contributed by atoms with Crippen LogP contribution in [0.15, 0.2) is 12.2 Å². The van der Waals surface area contributed by atoms with E-state index in [-0.39, 0.29) is 0 Å². The van der Waals surface area contributed by atoms with E-state index in [4.69, 9.17) is 9.66 Å². The van der Waals surface area contributed by atoms with E-state index in [9.17, 15) is 13.8 Å². The number of hydrogen-bond acceptors (Lipinski definition) is 4. The topological polar surface area (TPSA) is 101 Å². The van der Waals surface area contributed by atoms with Crippen molar-refractivity contribution in [3.63, 3.8) is 0 Å². The van der Waals surface area contributed by atoms with Crippen molar-refractivity contribution in [2.24, 2.45) is 0 Å². The molecule has 6 nitrogen and oxygen atoms in total. The van der Waals surface area contributed by atoms with Gasteiger partial charge in [-0.15, -0.1) is 0 Å². The second kappa shape index (κ2) is 4.62. The Labute approximate surface area is 70.3 Å². The molecule has 0 spiro atoms. The van der Waals surface area contributed by atoms with E-state index in [2.05, 4.69) is 10.8 Å². The Bertz CT molecular complexity index is 244. The van der Waals surface area contributed by atoms with Crippen LogP contribution in [-0.2, 0) is 25.1 Å². The summed E-state index contributed by atoms with van der Waals surface area (Å²) in [5.74, 6) is -2.46. The van der Waals surface area contributed by atoms with E-state index < -0.39 is 35.3 Å². The first-order valence-electron chi connectivity index (χ1n) is 2.66. The maximum atomic E-state index is 10.5. The van der Waals surface area contributed by atoms with E-state index in [0.29, 0.717) is 0 Å². The highest BCUT2D eigenvalue weighted by Gasteiger charge is 2.13. The molecule has 0 saturated heterocycles. The summed E-state index contributed by atoms with van der Waals surface area (Å²) in [6, 6.07) is 0. The van der Waals surface area contributed by atoms with E-state index in [0.717, 1.165) is 0 Å². The second-order valence-electron chi connectivity index (χ2n) is 1.76. The zero-order chi connectivity index (χ0) is 9.72. The maximum absolute atomic E-state index is 10.5. The molecule has 0 aliphatic rings. The Kier molecular flexibility index (Phi) is 4.16. The van der Waals surface area contributed by atoms with Gasteiger partial charge in [0.2, 0.25) is 0 Å². The van der Waals surface area contributed by atoms with Crippen LogP contribution in [0.5, 0.6) is 0 Å². The second-order valence-corrected chi connectivity index (χ2v) is 2.36. The van der Waals surface area contributed by atoms with Crippen molar-refractivity contribution in [3.8, 4) is 0 Å². The van der Waals surface area contributed by atoms with Crippen molar-refractivity contribution in [2.45, 2.75) is 6.42 Å². The molecule has 0 rings (SSSR count). The van der Waals surface area contributed by atoms with Gasteiger partial charge in [-0.05, 0) is 0 Å². The van der Waals surface area contributed by atoms with Crippen molar-refractivity contribution >= 4 is 23.3 Å². The first-order valence-corrected chi connectivity index (χ1v) is 3.69. The third kappa shape index (κ3) is 4.58. The van der Waals surface area contributed by atoms with Crippen LogP contribution in [0.25, 0.3) is 0 Å². The molecule has 0 fully saturated rings. The van der Waals surface area contributed by atoms with Crippen molar-refractivity contribution in [3.05, 3.63) is 12.2 Å². The molecule has 0 radical (unpaired) electrons. The Balaban J connectivity index is 3.94. The molecule has 1 atom stereocenters. The fraction of sp³-hybridized carbons (Fsp3) is 0.200. The molecule has 0 saturated carbocycles. The lowest BCUT2D eigenvalue weighted by Crippen LogP contribution is -2.10. The Morgan fingerprint density at radius 2 is 2.00 bits per heavy atom. The Morgan fingerprint density at radius 1 is 1.50 bits per heavy atom. The van der Waals surface area contributed by atoms with Gasteiger partial charge in [-0.25, -0.2) is 4.79 Å². The molecule has 12 heavy (non-hydrogen) atoms. The molecule has 0 aromatic rings. The van der Waals surface area contributed by atoms with Crippen LogP contribution in [0.1, 0.15) is 6.42 Å². The first kappa shape index (κ1) is 10.8. The summed E-state index contributed by atoms with van der Waals surface area (Å²) in [5, 5.41) is 8.22. The predicted octanol–water partition coefficient (Wildman–Crippen LogP) is -0.303. The summed E-state index contributed by atoms with van der Waals surface area (Å²) < 4.78 is 21.6. The van der Waals surface area contributed by atoms with E-state index >= 15 is 0 Å². The highest BCUT2D eigenvalue weighted by Crippen LogP contribution is 2.00. The van der Waals surface area contributed by atoms with Gasteiger partial charge in [-0.1, -0.05) is 6.58 Å². The molecular weight excluding hydrogens is 188 g/mol. The predicted molar refractivity (Wildman–Crippen MR) is 38.3 cm³/mol. The summed E-state index contributed by atoms with van der Waals surface area (Å²) in [5.41, 5.74) is -0.398. The fourth-order valence-corrected chi connectivity index (χ4v) is 0.577. The van der Waals surface area contributed by atoms with Crippen LogP contribution in [-0.4, -0.2) is 25.8 Å². The standard InChI is InChI=1S/C5H6O6S/c1-3(5(7)8)2-4(6)11-12(9)10/h1-2H2,(H,7,8)(H,9,10). The molecule has 0 bridgehead atoms. The number of carbonyl (C=O) groups excluding carboxylic acids is 1. The van der Waals surface area contributed by atoms with Gasteiger partial charge in [-0.3, -0.25) is 9.35 Å². The van der Waals surface area contributed by atoms with Gasteiger partial charge < -0.3 is 9.29 Å². The van der Waals surface area contributed by atoms with Crippen LogP contribution in [0.3, 0.4) is 0 Å². The molecule has 0 amide bonds. The third-order valence-corrected chi connectivity index (χ3v) is 1.15. The number of rotatable bonds is 4. The van der Waals surface area contributed by atoms with E-state index in [1.54, 1.807) is 0 Å². The first-order chi connectivity index (χ1) is 5.43. The third-order valence-electron chi connectivity index (χ3n) is 0.824. The summed E-state index contributed by atoms with van der Waals surface area (Å²) >= 11 is -2.71. The van der Waals surface area contributed by atoms with Crippen LogP contribution < -0.4 is 0 Å². The van der Waals surface area contributed by atoms with Gasteiger partial charge in [0.15, 0.2) is 0 Å². The number of carboxylic acids is 1. The van der Waals surface area contributed by atoms with Crippen LogP contribution >= 0.6 is 0 Å². The molecule has 68 valence electrons. The minimum absolute atomic E-state index is 0.398. The van der Waals surface area contributed by atoms with E-state index in [1.165, 1.54) is 0 Å². The van der Waals surface area contributed by atoms with Crippen molar-refractivity contribution < 1.29 is 27.6 Å². The van der Waals surface area contributed by atoms with Crippen molar-refractivity contribution in [1.82, 2.24) is 0 Å². The molecule has 1 unspecified atom stereocenters.